The lowest BCUT2D eigenvalue weighted by atomic mass is 10.0. The Morgan fingerprint density at radius 1 is 0.903 bits per heavy atom. The SMILES string of the molecule is CCCCCCc1cnc(C(F)(F)Oc2cc(F)c(-c3ccc(C)cc3)c(F)c2)nc1. The number of aromatic nitrogens is 2. The molecule has 3 nitrogen and oxygen atoms in total. The summed E-state index contributed by atoms with van der Waals surface area (Å²) in [5.41, 5.74) is 1.67. The normalized spacial score (nSPS) is 11.5. The van der Waals surface area contributed by atoms with Gasteiger partial charge in [-0.15, -0.1) is 0 Å². The van der Waals surface area contributed by atoms with Gasteiger partial charge in [0.1, 0.15) is 17.4 Å². The fourth-order valence-corrected chi connectivity index (χ4v) is 3.19. The maximum absolute atomic E-state index is 14.5. The Hall–Kier alpha value is -2.96. The first-order valence-electron chi connectivity index (χ1n) is 10.2. The molecule has 1 aromatic heterocycles. The highest BCUT2D eigenvalue weighted by atomic mass is 19.3. The number of unbranched alkanes of at least 4 members (excludes halogenated alkanes) is 3. The molecule has 0 bridgehead atoms. The first kappa shape index (κ1) is 22.7. The highest BCUT2D eigenvalue weighted by molar-refractivity contribution is 5.66. The first-order valence-corrected chi connectivity index (χ1v) is 10.2. The molecule has 164 valence electrons. The van der Waals surface area contributed by atoms with Gasteiger partial charge in [0.15, 0.2) is 0 Å². The van der Waals surface area contributed by atoms with Crippen molar-refractivity contribution in [2.45, 2.75) is 52.1 Å². The van der Waals surface area contributed by atoms with Gasteiger partial charge in [-0.3, -0.25) is 0 Å². The predicted octanol–water partition coefficient (Wildman–Crippen LogP) is 6.98. The van der Waals surface area contributed by atoms with Crippen LogP contribution in [0.2, 0.25) is 0 Å². The van der Waals surface area contributed by atoms with Gasteiger partial charge in [-0.05, 0) is 30.9 Å². The number of alkyl halides is 2. The lowest BCUT2D eigenvalue weighted by molar-refractivity contribution is -0.192. The van der Waals surface area contributed by atoms with Crippen LogP contribution in [0, 0.1) is 18.6 Å². The van der Waals surface area contributed by atoms with Crippen LogP contribution in [0.4, 0.5) is 17.6 Å². The van der Waals surface area contributed by atoms with Crippen molar-refractivity contribution in [1.82, 2.24) is 9.97 Å². The molecule has 7 heteroatoms. The fourth-order valence-electron chi connectivity index (χ4n) is 3.19. The molecule has 0 amide bonds. The summed E-state index contributed by atoms with van der Waals surface area (Å²) in [5.74, 6) is -3.52. The molecule has 0 fully saturated rings. The third kappa shape index (κ3) is 5.81. The topological polar surface area (TPSA) is 35.0 Å². The predicted molar refractivity (Wildman–Crippen MR) is 111 cm³/mol. The molecular formula is C24H24F4N2O. The number of ether oxygens (including phenoxy) is 1. The van der Waals surface area contributed by atoms with Crippen LogP contribution in [0.5, 0.6) is 5.75 Å². The molecule has 0 saturated heterocycles. The number of hydrogen-bond acceptors (Lipinski definition) is 3. The van der Waals surface area contributed by atoms with E-state index in [2.05, 4.69) is 21.6 Å². The summed E-state index contributed by atoms with van der Waals surface area (Å²) in [4.78, 5) is 7.38. The number of hydrogen-bond donors (Lipinski definition) is 0. The molecule has 3 aromatic rings. The summed E-state index contributed by atoms with van der Waals surface area (Å²) in [6.07, 6.45) is 3.60. The van der Waals surface area contributed by atoms with Crippen LogP contribution in [0.25, 0.3) is 11.1 Å². The summed E-state index contributed by atoms with van der Waals surface area (Å²) in [5, 5.41) is 0. The molecule has 3 rings (SSSR count). The van der Waals surface area contributed by atoms with Crippen molar-refractivity contribution in [2.75, 3.05) is 0 Å². The van der Waals surface area contributed by atoms with Crippen molar-refractivity contribution in [3.8, 4) is 16.9 Å². The summed E-state index contributed by atoms with van der Waals surface area (Å²) in [6, 6.07) is 7.99. The number of rotatable bonds is 9. The van der Waals surface area contributed by atoms with E-state index in [9.17, 15) is 17.6 Å². The maximum Gasteiger partial charge on any atom is 0.462 e. The second kappa shape index (κ2) is 9.90. The number of aryl methyl sites for hydroxylation is 2. The first-order chi connectivity index (χ1) is 14.8. The maximum atomic E-state index is 14.5. The van der Waals surface area contributed by atoms with E-state index < -0.39 is 29.3 Å². The molecule has 0 spiro atoms. The molecule has 0 aliphatic carbocycles. The molecule has 0 unspecified atom stereocenters. The zero-order valence-electron chi connectivity index (χ0n) is 17.5. The second-order valence-electron chi connectivity index (χ2n) is 7.47. The van der Waals surface area contributed by atoms with Gasteiger partial charge in [-0.2, -0.15) is 8.78 Å². The molecule has 0 N–H and O–H groups in total. The van der Waals surface area contributed by atoms with Gasteiger partial charge in [0.05, 0.1) is 5.56 Å². The van der Waals surface area contributed by atoms with E-state index in [1.165, 1.54) is 12.4 Å². The minimum Gasteiger partial charge on any atom is -0.426 e. The average molecular weight is 432 g/mol. The Morgan fingerprint density at radius 3 is 2.10 bits per heavy atom. The molecular weight excluding hydrogens is 408 g/mol. The third-order valence-corrected chi connectivity index (χ3v) is 4.89. The second-order valence-corrected chi connectivity index (χ2v) is 7.47. The van der Waals surface area contributed by atoms with Gasteiger partial charge in [-0.1, -0.05) is 56.0 Å². The van der Waals surface area contributed by atoms with Gasteiger partial charge < -0.3 is 4.74 Å². The molecule has 0 radical (unpaired) electrons. The molecule has 0 aliphatic heterocycles. The summed E-state index contributed by atoms with van der Waals surface area (Å²) >= 11 is 0. The fraction of sp³-hybridized carbons (Fsp3) is 0.333. The smallest absolute Gasteiger partial charge is 0.426 e. The van der Waals surface area contributed by atoms with Crippen LogP contribution in [-0.2, 0) is 12.5 Å². The van der Waals surface area contributed by atoms with Crippen molar-refractivity contribution in [1.29, 1.82) is 0 Å². The van der Waals surface area contributed by atoms with E-state index in [4.69, 9.17) is 0 Å². The van der Waals surface area contributed by atoms with Crippen molar-refractivity contribution in [3.05, 3.63) is 77.4 Å². The third-order valence-electron chi connectivity index (χ3n) is 4.89. The van der Waals surface area contributed by atoms with Gasteiger partial charge in [-0.25, -0.2) is 18.7 Å². The quantitative estimate of drug-likeness (QED) is 0.270. The molecule has 1 heterocycles. The van der Waals surface area contributed by atoms with Crippen LogP contribution in [0.1, 0.15) is 49.6 Å². The zero-order chi connectivity index (χ0) is 22.4. The highest BCUT2D eigenvalue weighted by Crippen LogP contribution is 2.34. The van der Waals surface area contributed by atoms with Gasteiger partial charge in [0, 0.05) is 24.5 Å². The number of benzene rings is 2. The van der Waals surface area contributed by atoms with Crippen molar-refractivity contribution >= 4 is 0 Å². The summed E-state index contributed by atoms with van der Waals surface area (Å²) in [6.45, 7) is 3.95. The summed E-state index contributed by atoms with van der Waals surface area (Å²) < 4.78 is 62.5. The van der Waals surface area contributed by atoms with E-state index in [0.29, 0.717) is 12.0 Å². The Balaban J connectivity index is 1.74. The van der Waals surface area contributed by atoms with Crippen molar-refractivity contribution in [2.24, 2.45) is 0 Å². The largest absolute Gasteiger partial charge is 0.462 e. The van der Waals surface area contributed by atoms with Crippen LogP contribution in [0.3, 0.4) is 0 Å². The zero-order valence-corrected chi connectivity index (χ0v) is 17.5. The Bertz CT molecular complexity index is 982. The Kier molecular flexibility index (Phi) is 7.25. The van der Waals surface area contributed by atoms with E-state index >= 15 is 0 Å². The highest BCUT2D eigenvalue weighted by Gasteiger charge is 2.38. The number of nitrogens with zero attached hydrogens (tertiary/aromatic N) is 2. The van der Waals surface area contributed by atoms with Crippen LogP contribution in [-0.4, -0.2) is 9.97 Å². The van der Waals surface area contributed by atoms with Gasteiger partial charge >= 0.3 is 6.11 Å². The minimum absolute atomic E-state index is 0.303. The van der Waals surface area contributed by atoms with E-state index in [-0.39, 0.29) is 5.56 Å². The summed E-state index contributed by atoms with van der Waals surface area (Å²) in [7, 11) is 0. The lowest BCUT2D eigenvalue weighted by Gasteiger charge is -2.17. The Labute approximate surface area is 179 Å². The van der Waals surface area contributed by atoms with Gasteiger partial charge in [0.25, 0.3) is 0 Å². The standard InChI is InChI=1S/C24H24F4N2O/c1-3-4-5-6-7-17-14-29-23(30-15-17)24(27,28)31-19-12-20(25)22(21(26)13-19)18-10-8-16(2)9-11-18/h8-15H,3-7H2,1-2H3. The van der Waals surface area contributed by atoms with Crippen LogP contribution in [0.15, 0.2) is 48.8 Å². The van der Waals surface area contributed by atoms with Crippen molar-refractivity contribution < 1.29 is 22.3 Å². The van der Waals surface area contributed by atoms with Crippen LogP contribution < -0.4 is 4.74 Å². The average Bonchev–Trinajstić information content (AvgIpc) is 2.72. The van der Waals surface area contributed by atoms with Gasteiger partial charge in [0.2, 0.25) is 5.82 Å². The van der Waals surface area contributed by atoms with E-state index in [1.54, 1.807) is 24.3 Å². The van der Waals surface area contributed by atoms with Crippen LogP contribution >= 0.6 is 0 Å². The lowest BCUT2D eigenvalue weighted by Crippen LogP contribution is -2.25. The van der Waals surface area contributed by atoms with Crippen molar-refractivity contribution in [3.63, 3.8) is 0 Å². The molecule has 0 atom stereocenters. The monoisotopic (exact) mass is 432 g/mol. The molecule has 2 aromatic carbocycles. The molecule has 0 aliphatic rings. The Morgan fingerprint density at radius 2 is 1.52 bits per heavy atom. The van der Waals surface area contributed by atoms with E-state index in [0.717, 1.165) is 48.9 Å². The minimum atomic E-state index is -3.94. The molecule has 0 saturated carbocycles. The number of halogens is 4. The van der Waals surface area contributed by atoms with E-state index in [1.807, 2.05) is 6.92 Å². The molecule has 31 heavy (non-hydrogen) atoms.